The van der Waals surface area contributed by atoms with Crippen molar-refractivity contribution >= 4 is 67.8 Å². The Labute approximate surface area is 194 Å². The summed E-state index contributed by atoms with van der Waals surface area (Å²) in [6.07, 6.45) is 7.98. The van der Waals surface area contributed by atoms with Crippen LogP contribution >= 0.6 is 35.3 Å². The van der Waals surface area contributed by atoms with Crippen molar-refractivity contribution in [2.75, 3.05) is 18.0 Å². The maximum atomic E-state index is 13.0. The highest BCUT2D eigenvalue weighted by molar-refractivity contribution is 8.30. The third kappa shape index (κ3) is 3.84. The third-order valence-corrected chi connectivity index (χ3v) is 8.01. The van der Waals surface area contributed by atoms with Crippen LogP contribution in [-0.2, 0) is 11.3 Å². The molecule has 3 heterocycles. The van der Waals surface area contributed by atoms with Crippen molar-refractivity contribution < 1.29 is 4.79 Å². The van der Waals surface area contributed by atoms with Crippen molar-refractivity contribution in [3.8, 4) is 0 Å². The standard InChI is InChI=1S/C23H23N3O2S3/c1-4-24-14-13-15(16-9-7-8-10-17(16)24)11-12-18-20(27)25(5-2)22(30-18)19-21(28)26(6-3)23(29)31-19/h7-14H,4-6H2,1-3H3/b15-11+,18-12+,22-19-. The topological polar surface area (TPSA) is 45.6 Å². The third-order valence-electron chi connectivity index (χ3n) is 5.30. The largest absolute Gasteiger partial charge is 0.348 e. The van der Waals surface area contributed by atoms with Crippen molar-refractivity contribution in [3.05, 3.63) is 67.7 Å². The molecule has 0 saturated carbocycles. The minimum atomic E-state index is -0.116. The van der Waals surface area contributed by atoms with Gasteiger partial charge in [0, 0.05) is 37.1 Å². The maximum Gasteiger partial charge on any atom is 0.269 e. The second kappa shape index (κ2) is 8.98. The highest BCUT2D eigenvalue weighted by Gasteiger charge is 2.32. The summed E-state index contributed by atoms with van der Waals surface area (Å²) in [6, 6.07) is 8.25. The first-order valence-electron chi connectivity index (χ1n) is 10.2. The number of benzene rings is 1. The number of fused-ring (bicyclic) bond motifs is 1. The van der Waals surface area contributed by atoms with Gasteiger partial charge in [0.25, 0.3) is 11.5 Å². The first-order valence-corrected chi connectivity index (χ1v) is 12.3. The first kappa shape index (κ1) is 21.8. The zero-order valence-corrected chi connectivity index (χ0v) is 20.1. The number of allylic oxidation sites excluding steroid dienone is 3. The van der Waals surface area contributed by atoms with Gasteiger partial charge in [0.15, 0.2) is 0 Å². The van der Waals surface area contributed by atoms with Gasteiger partial charge in [-0.3, -0.25) is 19.1 Å². The smallest absolute Gasteiger partial charge is 0.269 e. The molecule has 0 radical (unpaired) electrons. The number of thiocarbonyl (C=S) groups is 1. The highest BCUT2D eigenvalue weighted by Crippen LogP contribution is 2.32. The molecule has 1 fully saturated rings. The van der Waals surface area contributed by atoms with Gasteiger partial charge in [-0.15, -0.1) is 11.3 Å². The van der Waals surface area contributed by atoms with Crippen molar-refractivity contribution in [3.63, 3.8) is 0 Å². The Bertz CT molecular complexity index is 1300. The first-order chi connectivity index (χ1) is 15.0. The second-order valence-corrected chi connectivity index (χ2v) is 9.65. The molecule has 1 saturated heterocycles. The number of anilines is 1. The van der Waals surface area contributed by atoms with Crippen LogP contribution in [0.3, 0.4) is 0 Å². The number of nitrogens with zero attached hydrogens (tertiary/aromatic N) is 3. The van der Waals surface area contributed by atoms with Gasteiger partial charge < -0.3 is 4.90 Å². The molecule has 1 aromatic carbocycles. The molecule has 0 bridgehead atoms. The fourth-order valence-electron chi connectivity index (χ4n) is 3.68. The minimum absolute atomic E-state index is 0.0793. The summed E-state index contributed by atoms with van der Waals surface area (Å²) < 4.78 is 3.50. The number of thiazole rings is 1. The van der Waals surface area contributed by atoms with E-state index in [0.29, 0.717) is 31.5 Å². The molecular weight excluding hydrogens is 446 g/mol. The Balaban J connectivity index is 1.85. The van der Waals surface area contributed by atoms with Crippen LogP contribution in [0.1, 0.15) is 26.3 Å². The second-order valence-electron chi connectivity index (χ2n) is 6.97. The number of hydrogen-bond donors (Lipinski definition) is 0. The van der Waals surface area contributed by atoms with E-state index in [9.17, 15) is 9.59 Å². The number of carbonyl (C=O) groups excluding carboxylic acids is 1. The Morgan fingerprint density at radius 3 is 2.48 bits per heavy atom. The van der Waals surface area contributed by atoms with Crippen LogP contribution in [0.2, 0.25) is 0 Å². The minimum Gasteiger partial charge on any atom is -0.348 e. The highest BCUT2D eigenvalue weighted by atomic mass is 32.2. The van der Waals surface area contributed by atoms with E-state index in [1.807, 2.05) is 38.1 Å². The summed E-state index contributed by atoms with van der Waals surface area (Å²) in [5.41, 5.74) is 3.26. The molecule has 0 atom stereocenters. The Hall–Kier alpha value is -2.42. The summed E-state index contributed by atoms with van der Waals surface area (Å²) in [6.45, 7) is 7.85. The average molecular weight is 470 g/mol. The lowest BCUT2D eigenvalue weighted by molar-refractivity contribution is -0.120. The van der Waals surface area contributed by atoms with Gasteiger partial charge in [0.1, 0.15) is 13.9 Å². The Morgan fingerprint density at radius 2 is 1.81 bits per heavy atom. The fourth-order valence-corrected chi connectivity index (χ4v) is 6.33. The van der Waals surface area contributed by atoms with Crippen molar-refractivity contribution in [1.82, 2.24) is 9.47 Å². The van der Waals surface area contributed by atoms with E-state index in [1.165, 1.54) is 23.1 Å². The van der Waals surface area contributed by atoms with Crippen molar-refractivity contribution in [1.29, 1.82) is 0 Å². The number of rotatable bonds is 4. The molecule has 4 rings (SSSR count). The summed E-state index contributed by atoms with van der Waals surface area (Å²) in [7, 11) is 0. The SMILES string of the molecule is CCN1C(=O)/C(=c2/s/c(=C/C=C3\C=CN(CC)c4ccccc43)c(=O)n2CC)SC1=S. The average Bonchev–Trinajstić information content (AvgIpc) is 3.26. The van der Waals surface area contributed by atoms with E-state index in [-0.39, 0.29) is 11.5 Å². The molecule has 31 heavy (non-hydrogen) atoms. The molecule has 160 valence electrons. The molecule has 8 heteroatoms. The van der Waals surface area contributed by atoms with Gasteiger partial charge in [0.05, 0.1) is 4.53 Å². The molecular formula is C23H23N3O2S3. The summed E-state index contributed by atoms with van der Waals surface area (Å²) in [4.78, 5) is 30.1. The lowest BCUT2D eigenvalue weighted by Crippen LogP contribution is -2.33. The fraction of sp³-hybridized carbons (Fsp3) is 0.261. The molecule has 1 aromatic heterocycles. The van der Waals surface area contributed by atoms with Gasteiger partial charge in [-0.25, -0.2) is 0 Å². The van der Waals surface area contributed by atoms with Crippen LogP contribution in [0.4, 0.5) is 5.69 Å². The number of carbonyl (C=O) groups is 1. The van der Waals surface area contributed by atoms with Crippen LogP contribution in [-0.4, -0.2) is 32.8 Å². The van der Waals surface area contributed by atoms with E-state index >= 15 is 0 Å². The molecule has 0 aliphatic carbocycles. The lowest BCUT2D eigenvalue weighted by atomic mass is 9.99. The van der Waals surface area contributed by atoms with Crippen LogP contribution in [0.15, 0.2) is 47.4 Å². The lowest BCUT2D eigenvalue weighted by Gasteiger charge is -2.26. The van der Waals surface area contributed by atoms with E-state index in [2.05, 4.69) is 36.2 Å². The molecule has 1 amide bonds. The van der Waals surface area contributed by atoms with Gasteiger partial charge in [-0.1, -0.05) is 48.3 Å². The molecule has 2 aliphatic heterocycles. The van der Waals surface area contributed by atoms with Crippen LogP contribution in [0.5, 0.6) is 0 Å². The normalized spacial score (nSPS) is 19.7. The van der Waals surface area contributed by atoms with Gasteiger partial charge in [0.2, 0.25) is 0 Å². The number of thioether (sulfide) groups is 1. The van der Waals surface area contributed by atoms with Crippen LogP contribution in [0, 0.1) is 0 Å². The molecule has 0 spiro atoms. The van der Waals surface area contributed by atoms with Gasteiger partial charge in [-0.05, 0) is 44.6 Å². The van der Waals surface area contributed by atoms with E-state index in [0.717, 1.165) is 23.4 Å². The number of amides is 1. The van der Waals surface area contributed by atoms with E-state index in [1.54, 1.807) is 9.47 Å². The predicted octanol–water partition coefficient (Wildman–Crippen LogP) is 3.14. The maximum absolute atomic E-state index is 13.0. The molecule has 5 nitrogen and oxygen atoms in total. The number of hydrogen-bond acceptors (Lipinski definition) is 6. The summed E-state index contributed by atoms with van der Waals surface area (Å²) in [5.74, 6) is -0.116. The monoisotopic (exact) mass is 469 g/mol. The zero-order valence-electron chi connectivity index (χ0n) is 17.6. The predicted molar refractivity (Wildman–Crippen MR) is 136 cm³/mol. The molecule has 0 N–H and O–H groups in total. The van der Waals surface area contributed by atoms with Gasteiger partial charge >= 0.3 is 0 Å². The van der Waals surface area contributed by atoms with Crippen molar-refractivity contribution in [2.24, 2.45) is 0 Å². The number of para-hydroxylation sites is 1. The van der Waals surface area contributed by atoms with Gasteiger partial charge in [-0.2, -0.15) is 0 Å². The van der Waals surface area contributed by atoms with Crippen LogP contribution in [0.25, 0.3) is 16.6 Å². The zero-order chi connectivity index (χ0) is 22.1. The molecule has 2 aromatic rings. The molecule has 0 unspecified atom stereocenters. The number of aromatic nitrogens is 1. The van der Waals surface area contributed by atoms with Crippen LogP contribution < -0.4 is 19.7 Å². The van der Waals surface area contributed by atoms with E-state index < -0.39 is 0 Å². The molecule has 2 aliphatic rings. The summed E-state index contributed by atoms with van der Waals surface area (Å²) >= 11 is 7.97. The summed E-state index contributed by atoms with van der Waals surface area (Å²) in [5, 5.41) is 0. The Morgan fingerprint density at radius 1 is 1.03 bits per heavy atom. The Kier molecular flexibility index (Phi) is 6.31. The quantitative estimate of drug-likeness (QED) is 0.644. The van der Waals surface area contributed by atoms with E-state index in [4.69, 9.17) is 12.2 Å². The van der Waals surface area contributed by atoms with Crippen molar-refractivity contribution in [2.45, 2.75) is 27.3 Å².